The quantitative estimate of drug-likeness (QED) is 0.895. The van der Waals surface area contributed by atoms with Crippen LogP contribution in [0.4, 0.5) is 8.78 Å². The van der Waals surface area contributed by atoms with Crippen molar-refractivity contribution in [3.05, 3.63) is 35.4 Å². The maximum absolute atomic E-state index is 13.6. The topological polar surface area (TPSA) is 23.5 Å². The molecular formula is C16H23F2NO. The Balaban J connectivity index is 1.87. The Labute approximate surface area is 119 Å². The first-order valence-corrected chi connectivity index (χ1v) is 7.33. The molecule has 1 N–H and O–H groups in total. The molecule has 0 radical (unpaired) electrons. The summed E-state index contributed by atoms with van der Waals surface area (Å²) in [6, 6.07) is 3.95. The van der Waals surface area contributed by atoms with E-state index in [1.54, 1.807) is 0 Å². The van der Waals surface area contributed by atoms with Gasteiger partial charge in [-0.05, 0) is 37.3 Å². The predicted octanol–water partition coefficient (Wildman–Crippen LogP) is 3.37. The predicted molar refractivity (Wildman–Crippen MR) is 75.3 cm³/mol. The van der Waals surface area contributed by atoms with Crippen LogP contribution in [0.2, 0.25) is 0 Å². The number of benzene rings is 1. The van der Waals surface area contributed by atoms with Crippen molar-refractivity contribution in [2.45, 2.75) is 32.8 Å². The minimum atomic E-state index is -0.941. The van der Waals surface area contributed by atoms with Gasteiger partial charge in [0.15, 0.2) is 11.6 Å². The molecule has 4 heteroatoms. The summed E-state index contributed by atoms with van der Waals surface area (Å²) in [7, 11) is 0. The molecule has 1 heterocycles. The summed E-state index contributed by atoms with van der Waals surface area (Å²) in [5, 5.41) is 10.0. The van der Waals surface area contributed by atoms with Crippen molar-refractivity contribution in [2.24, 2.45) is 11.8 Å². The standard InChI is InChI=1S/C16H23F2NO/c1-11(2)12-6-8-19(10-12)9-7-15(20)13-4-3-5-14(17)16(13)18/h3-5,11-12,15,20H,6-10H2,1-2H3. The van der Waals surface area contributed by atoms with Crippen LogP contribution in [0.3, 0.4) is 0 Å². The zero-order valence-electron chi connectivity index (χ0n) is 12.1. The molecule has 1 saturated heterocycles. The molecular weight excluding hydrogens is 260 g/mol. The summed E-state index contributed by atoms with van der Waals surface area (Å²) in [5.41, 5.74) is 0.0598. The van der Waals surface area contributed by atoms with E-state index >= 15 is 0 Å². The Kier molecular flexibility index (Phi) is 5.11. The fraction of sp³-hybridized carbons (Fsp3) is 0.625. The lowest BCUT2D eigenvalue weighted by atomic mass is 9.95. The molecule has 0 bridgehead atoms. The Morgan fingerprint density at radius 2 is 2.10 bits per heavy atom. The second kappa shape index (κ2) is 6.64. The third kappa shape index (κ3) is 3.55. The van der Waals surface area contributed by atoms with E-state index in [1.165, 1.54) is 18.6 Å². The lowest BCUT2D eigenvalue weighted by molar-refractivity contribution is 0.142. The summed E-state index contributed by atoms with van der Waals surface area (Å²) >= 11 is 0. The molecule has 0 amide bonds. The maximum Gasteiger partial charge on any atom is 0.164 e. The molecule has 1 aromatic carbocycles. The van der Waals surface area contributed by atoms with Crippen molar-refractivity contribution in [3.63, 3.8) is 0 Å². The van der Waals surface area contributed by atoms with Crippen molar-refractivity contribution in [1.82, 2.24) is 4.90 Å². The van der Waals surface area contributed by atoms with Gasteiger partial charge in [-0.3, -0.25) is 0 Å². The Bertz CT molecular complexity index is 450. The number of hydrogen-bond donors (Lipinski definition) is 1. The second-order valence-electron chi connectivity index (χ2n) is 6.04. The average Bonchev–Trinajstić information content (AvgIpc) is 2.88. The van der Waals surface area contributed by atoms with Crippen LogP contribution in [0.15, 0.2) is 18.2 Å². The maximum atomic E-state index is 13.6. The molecule has 2 nitrogen and oxygen atoms in total. The number of aliphatic hydroxyl groups is 1. The van der Waals surface area contributed by atoms with Gasteiger partial charge in [0.25, 0.3) is 0 Å². The van der Waals surface area contributed by atoms with Crippen molar-refractivity contribution < 1.29 is 13.9 Å². The third-order valence-electron chi connectivity index (χ3n) is 4.31. The number of rotatable bonds is 5. The molecule has 0 saturated carbocycles. The number of aliphatic hydroxyl groups excluding tert-OH is 1. The Morgan fingerprint density at radius 1 is 1.35 bits per heavy atom. The lowest BCUT2D eigenvalue weighted by Crippen LogP contribution is -2.24. The number of likely N-dealkylation sites (tertiary alicyclic amines) is 1. The fourth-order valence-corrected chi connectivity index (χ4v) is 2.85. The van der Waals surface area contributed by atoms with Crippen molar-refractivity contribution >= 4 is 0 Å². The normalized spacial score (nSPS) is 21.6. The van der Waals surface area contributed by atoms with Gasteiger partial charge >= 0.3 is 0 Å². The molecule has 20 heavy (non-hydrogen) atoms. The van der Waals surface area contributed by atoms with Gasteiger partial charge in [-0.15, -0.1) is 0 Å². The molecule has 2 atom stereocenters. The number of halogens is 2. The van der Waals surface area contributed by atoms with Gasteiger partial charge in [-0.2, -0.15) is 0 Å². The molecule has 1 aromatic rings. The zero-order valence-corrected chi connectivity index (χ0v) is 12.1. The van der Waals surface area contributed by atoms with Crippen molar-refractivity contribution in [3.8, 4) is 0 Å². The van der Waals surface area contributed by atoms with Crippen LogP contribution in [-0.4, -0.2) is 29.6 Å². The van der Waals surface area contributed by atoms with Gasteiger partial charge in [0.2, 0.25) is 0 Å². The van der Waals surface area contributed by atoms with Gasteiger partial charge < -0.3 is 10.0 Å². The van der Waals surface area contributed by atoms with Crippen LogP contribution in [0.1, 0.15) is 38.4 Å². The highest BCUT2D eigenvalue weighted by atomic mass is 19.2. The second-order valence-corrected chi connectivity index (χ2v) is 6.04. The van der Waals surface area contributed by atoms with E-state index in [1.807, 2.05) is 0 Å². The zero-order chi connectivity index (χ0) is 14.7. The highest BCUT2D eigenvalue weighted by Crippen LogP contribution is 2.26. The van der Waals surface area contributed by atoms with E-state index in [4.69, 9.17) is 0 Å². The van der Waals surface area contributed by atoms with Gasteiger partial charge in [-0.25, -0.2) is 8.78 Å². The van der Waals surface area contributed by atoms with E-state index in [-0.39, 0.29) is 5.56 Å². The van der Waals surface area contributed by atoms with Crippen LogP contribution in [0.25, 0.3) is 0 Å². The van der Waals surface area contributed by atoms with Gasteiger partial charge in [0, 0.05) is 18.7 Å². The lowest BCUT2D eigenvalue weighted by Gasteiger charge is -2.20. The molecule has 0 aliphatic carbocycles. The van der Waals surface area contributed by atoms with Crippen LogP contribution >= 0.6 is 0 Å². The van der Waals surface area contributed by atoms with Crippen LogP contribution < -0.4 is 0 Å². The largest absolute Gasteiger partial charge is 0.388 e. The first kappa shape index (κ1) is 15.4. The summed E-state index contributed by atoms with van der Waals surface area (Å²) in [4.78, 5) is 2.30. The smallest absolute Gasteiger partial charge is 0.164 e. The van der Waals surface area contributed by atoms with Crippen molar-refractivity contribution in [1.29, 1.82) is 0 Å². The molecule has 1 fully saturated rings. The summed E-state index contributed by atoms with van der Waals surface area (Å²) < 4.78 is 26.7. The molecule has 0 aromatic heterocycles. The first-order chi connectivity index (χ1) is 9.49. The Hall–Kier alpha value is -1.00. The molecule has 0 spiro atoms. The van der Waals surface area contributed by atoms with Crippen LogP contribution in [0, 0.1) is 23.5 Å². The molecule has 1 aliphatic heterocycles. The highest BCUT2D eigenvalue weighted by molar-refractivity contribution is 5.21. The summed E-state index contributed by atoms with van der Waals surface area (Å²) in [5.74, 6) is -0.451. The highest BCUT2D eigenvalue weighted by Gasteiger charge is 2.25. The fourth-order valence-electron chi connectivity index (χ4n) is 2.85. The third-order valence-corrected chi connectivity index (χ3v) is 4.31. The van der Waals surface area contributed by atoms with E-state index in [0.717, 1.165) is 25.7 Å². The van der Waals surface area contributed by atoms with E-state index in [2.05, 4.69) is 18.7 Å². The monoisotopic (exact) mass is 283 g/mol. The molecule has 2 rings (SSSR count). The van der Waals surface area contributed by atoms with Crippen LogP contribution in [0.5, 0.6) is 0 Å². The molecule has 112 valence electrons. The van der Waals surface area contributed by atoms with E-state index < -0.39 is 17.7 Å². The van der Waals surface area contributed by atoms with Gasteiger partial charge in [0.1, 0.15) is 0 Å². The van der Waals surface area contributed by atoms with E-state index in [9.17, 15) is 13.9 Å². The molecule has 2 unspecified atom stereocenters. The Morgan fingerprint density at radius 3 is 2.75 bits per heavy atom. The molecule has 1 aliphatic rings. The average molecular weight is 283 g/mol. The number of hydrogen-bond acceptors (Lipinski definition) is 2. The van der Waals surface area contributed by atoms with Gasteiger partial charge in [-0.1, -0.05) is 26.0 Å². The van der Waals surface area contributed by atoms with Gasteiger partial charge in [0.05, 0.1) is 6.10 Å². The van der Waals surface area contributed by atoms with E-state index in [0.29, 0.717) is 18.3 Å². The van der Waals surface area contributed by atoms with Crippen LogP contribution in [-0.2, 0) is 0 Å². The van der Waals surface area contributed by atoms with Crippen molar-refractivity contribution in [2.75, 3.05) is 19.6 Å². The first-order valence-electron chi connectivity index (χ1n) is 7.33. The minimum Gasteiger partial charge on any atom is -0.388 e. The minimum absolute atomic E-state index is 0.0598. The summed E-state index contributed by atoms with van der Waals surface area (Å²) in [6.07, 6.45) is 0.677. The SMILES string of the molecule is CC(C)C1CCN(CCC(O)c2cccc(F)c2F)C1. The summed E-state index contributed by atoms with van der Waals surface area (Å²) in [6.45, 7) is 7.24. The number of nitrogens with zero attached hydrogens (tertiary/aromatic N) is 1.